The Morgan fingerprint density at radius 1 is 0.636 bits per heavy atom. The summed E-state index contributed by atoms with van der Waals surface area (Å²) in [5.41, 5.74) is 5.17. The molecule has 8 heterocycles. The van der Waals surface area contributed by atoms with Crippen molar-refractivity contribution in [3.8, 4) is 11.4 Å². The summed E-state index contributed by atoms with van der Waals surface area (Å²) in [6.45, 7) is 16.9. The minimum Gasteiger partial charge on any atom is -0.371 e. The van der Waals surface area contributed by atoms with Crippen LogP contribution in [0.3, 0.4) is 0 Å². The maximum atomic E-state index is 13.1. The predicted molar refractivity (Wildman–Crippen MR) is 324 cm³/mol. The maximum Gasteiger partial charge on any atom is 0.278 e. The number of anilines is 3. The van der Waals surface area contributed by atoms with E-state index in [1.165, 1.54) is 72.7 Å². The van der Waals surface area contributed by atoms with Crippen molar-refractivity contribution in [2.75, 3.05) is 56.0 Å². The average molecular weight is 1230 g/mol. The third-order valence-electron chi connectivity index (χ3n) is 13.6. The summed E-state index contributed by atoms with van der Waals surface area (Å²) >= 11 is 15.7. The van der Waals surface area contributed by atoms with E-state index in [0.717, 1.165) is 18.8 Å². The number of nitrogens with one attached hydrogen (secondary N) is 2. The third kappa shape index (κ3) is 12.1. The van der Waals surface area contributed by atoms with E-state index in [2.05, 4.69) is 96.2 Å². The van der Waals surface area contributed by atoms with Crippen molar-refractivity contribution >= 4 is 121 Å². The minimum absolute atomic E-state index is 0. The molecule has 2 fully saturated rings. The second-order valence-corrected chi connectivity index (χ2v) is 20.7. The van der Waals surface area contributed by atoms with Crippen LogP contribution < -0.4 is 26.9 Å². The number of allylic oxidation sites excluding steroid dienone is 3. The Morgan fingerprint density at radius 3 is 1.66 bits per heavy atom. The molecule has 2 saturated heterocycles. The van der Waals surface area contributed by atoms with Crippen molar-refractivity contribution in [3.63, 3.8) is 0 Å². The van der Waals surface area contributed by atoms with Gasteiger partial charge >= 0.3 is 0 Å². The van der Waals surface area contributed by atoms with Gasteiger partial charge in [-0.05, 0) is 112 Å². The first kappa shape index (κ1) is 56.7. The van der Waals surface area contributed by atoms with Crippen molar-refractivity contribution < 1.29 is 0 Å². The van der Waals surface area contributed by atoms with Crippen LogP contribution in [0.15, 0.2) is 154 Å². The van der Waals surface area contributed by atoms with E-state index >= 15 is 0 Å². The van der Waals surface area contributed by atoms with Crippen LogP contribution in [0.5, 0.6) is 0 Å². The van der Waals surface area contributed by atoms with E-state index in [4.69, 9.17) is 28.2 Å². The van der Waals surface area contributed by atoms with Crippen molar-refractivity contribution in [1.82, 2.24) is 63.3 Å². The zero-order valence-corrected chi connectivity index (χ0v) is 48.3. The molecule has 77 heavy (non-hydrogen) atoms. The second-order valence-electron chi connectivity index (χ2n) is 18.3. The van der Waals surface area contributed by atoms with Crippen LogP contribution in [0.4, 0.5) is 17.3 Å². The largest absolute Gasteiger partial charge is 0.371 e. The molecule has 0 bridgehead atoms. The molecule has 1 spiro atoms. The molecule has 0 saturated carbocycles. The Labute approximate surface area is 479 Å². The minimum atomic E-state index is -0.190. The number of hydrogen-bond acceptors (Lipinski definition) is 14. The number of piperidine rings is 2. The van der Waals surface area contributed by atoms with Gasteiger partial charge in [0.2, 0.25) is 5.95 Å². The zero-order valence-electron chi connectivity index (χ0n) is 42.8. The fourth-order valence-electron chi connectivity index (χ4n) is 9.51. The molecule has 3 aromatic carbocycles. The second kappa shape index (κ2) is 25.3. The quantitative estimate of drug-likeness (QED) is 0.0480. The highest BCUT2D eigenvalue weighted by molar-refractivity contribution is 14.0. The van der Waals surface area contributed by atoms with E-state index in [1.807, 2.05) is 48.9 Å². The van der Waals surface area contributed by atoms with Crippen LogP contribution in [0.1, 0.15) is 25.7 Å². The first-order valence-corrected chi connectivity index (χ1v) is 27.7. The van der Waals surface area contributed by atoms with Crippen molar-refractivity contribution in [3.05, 3.63) is 170 Å². The fraction of sp³-hybridized carbons (Fsp3) is 0.278. The number of thioether (sulfide) groups is 2. The molecule has 2 aliphatic rings. The molecule has 0 amide bonds. The smallest absolute Gasteiger partial charge is 0.278 e. The number of halogens is 3. The molecule has 11 rings (SSSR count). The van der Waals surface area contributed by atoms with Crippen LogP contribution in [0.25, 0.3) is 44.5 Å². The van der Waals surface area contributed by atoms with Crippen LogP contribution in [0.2, 0.25) is 10.0 Å². The van der Waals surface area contributed by atoms with Gasteiger partial charge in [0.25, 0.3) is 16.7 Å². The lowest BCUT2D eigenvalue weighted by atomic mass is 9.71. The summed E-state index contributed by atoms with van der Waals surface area (Å²) in [7, 11) is 2.23. The third-order valence-corrected chi connectivity index (χ3v) is 15.4. The van der Waals surface area contributed by atoms with Gasteiger partial charge in [0.15, 0.2) is 27.3 Å². The predicted octanol–water partition coefficient (Wildman–Crippen LogP) is 10.3. The number of hydrogen-bond donors (Lipinski definition) is 2. The Bertz CT molecular complexity index is 3760. The van der Waals surface area contributed by atoms with Crippen molar-refractivity contribution in [2.24, 2.45) is 5.41 Å². The van der Waals surface area contributed by atoms with Crippen LogP contribution in [-0.2, 0) is 19.6 Å². The highest BCUT2D eigenvalue weighted by Crippen LogP contribution is 2.42. The molecule has 400 valence electrons. The lowest BCUT2D eigenvalue weighted by Crippen LogP contribution is -2.46. The van der Waals surface area contributed by atoms with E-state index in [9.17, 15) is 14.4 Å². The van der Waals surface area contributed by atoms with Gasteiger partial charge in [0.1, 0.15) is 16.2 Å². The summed E-state index contributed by atoms with van der Waals surface area (Å²) in [5.74, 6) is 0.411. The van der Waals surface area contributed by atoms with Gasteiger partial charge < -0.3 is 15.1 Å². The number of fused-ring (bicyclic) bond motifs is 3. The van der Waals surface area contributed by atoms with Crippen molar-refractivity contribution in [1.29, 1.82) is 0 Å². The standard InChI is InChI=1S/C30H34ClN7O.C15H13ClN4OS.C9H10N4OS.HI/c1-3-16-37-28(39)24-21-32-29(34-27(24)38(37)26-7-5-4-6-25(26)31)33-22-8-10-23(11-9-22)36-19-14-30(15-20-36)12-17-35(2)18-13-30;1-3-8-19-14(21)10-9-17-15(22-2)18-13(10)20(19)12-7-5-4-6-11(12)16;1-3-4-13-8(14)6-5-10-9(15-2)11-7(6)12-13;/h3-11,21H,1,12-20H2,2H3,(H,32,33,34);3-7,9H,1,8H2,2H3;3,5H,1,4H2,2H3,(H,10,11,12);1H. The van der Waals surface area contributed by atoms with Gasteiger partial charge in [0, 0.05) is 43.1 Å². The summed E-state index contributed by atoms with van der Waals surface area (Å²) < 4.78 is 8.04. The molecule has 6 aromatic heterocycles. The molecule has 23 heteroatoms. The lowest BCUT2D eigenvalue weighted by molar-refractivity contribution is 0.0945. The molecule has 2 aliphatic heterocycles. The molecule has 0 unspecified atom stereocenters. The van der Waals surface area contributed by atoms with Gasteiger partial charge in [-0.15, -0.1) is 43.7 Å². The van der Waals surface area contributed by atoms with Crippen LogP contribution in [0, 0.1) is 5.41 Å². The van der Waals surface area contributed by atoms with Crippen LogP contribution >= 0.6 is 70.7 Å². The monoisotopic (exact) mass is 1230 g/mol. The number of aromatic nitrogens is 12. The Kier molecular flexibility index (Phi) is 18.6. The topological polar surface area (TPSA) is 188 Å². The van der Waals surface area contributed by atoms with E-state index in [-0.39, 0.29) is 40.7 Å². The van der Waals surface area contributed by atoms with E-state index in [1.54, 1.807) is 67.7 Å². The molecule has 0 aliphatic carbocycles. The van der Waals surface area contributed by atoms with Gasteiger partial charge in [-0.1, -0.05) is 89.2 Å². The molecule has 18 nitrogen and oxygen atoms in total. The maximum absolute atomic E-state index is 13.1. The molecular weight excluding hydrogens is 1170 g/mol. The number of aromatic amines is 1. The molecule has 2 N–H and O–H groups in total. The fourth-order valence-corrected chi connectivity index (χ4v) is 10.6. The molecule has 9 aromatic rings. The highest BCUT2D eigenvalue weighted by Gasteiger charge is 2.37. The molecule has 0 radical (unpaired) electrons. The highest BCUT2D eigenvalue weighted by atomic mass is 127. The van der Waals surface area contributed by atoms with Gasteiger partial charge in [-0.2, -0.15) is 4.98 Å². The number of para-hydroxylation sites is 2. The number of H-pyrrole nitrogens is 1. The first-order chi connectivity index (χ1) is 36.9. The Balaban J connectivity index is 0.000000173. The van der Waals surface area contributed by atoms with Gasteiger partial charge in [0.05, 0.1) is 41.1 Å². The number of benzene rings is 3. The van der Waals surface area contributed by atoms with Crippen molar-refractivity contribution in [2.45, 2.75) is 55.6 Å². The molecule has 0 atom stereocenters. The van der Waals surface area contributed by atoms with E-state index < -0.39 is 0 Å². The van der Waals surface area contributed by atoms with Gasteiger partial charge in [-0.25, -0.2) is 48.3 Å². The van der Waals surface area contributed by atoms with Gasteiger partial charge in [-0.3, -0.25) is 19.5 Å². The summed E-state index contributed by atoms with van der Waals surface area (Å²) in [6, 6.07) is 23.2. The SMILES string of the molecule is C=CCn1[nH]c2nc(SC)ncc2c1=O.C=CCn1c(=O)c2cnc(Nc3ccc(N4CCC5(CCN(C)CC5)CC4)cc3)nc2n1-c1ccccc1Cl.C=CCn1c(=O)c2cnc(SC)nc2n1-c1ccccc1Cl.I. The normalized spacial score (nSPS) is 14.1. The first-order valence-electron chi connectivity index (χ1n) is 24.5. The summed E-state index contributed by atoms with van der Waals surface area (Å²) in [6.07, 6.45) is 18.6. The Morgan fingerprint density at radius 2 is 1.13 bits per heavy atom. The van der Waals surface area contributed by atoms with Crippen LogP contribution in [-0.4, -0.2) is 109 Å². The summed E-state index contributed by atoms with van der Waals surface area (Å²) in [5, 5.41) is 9.92. The zero-order chi connectivity index (χ0) is 53.5. The molecular formula is C54H58Cl2IN15O3S2. The lowest BCUT2D eigenvalue weighted by Gasteiger charge is -2.46. The number of nitrogens with zero attached hydrogens (tertiary/aromatic N) is 13. The number of likely N-dealkylation sites (tertiary alicyclic amines) is 1. The summed E-state index contributed by atoms with van der Waals surface area (Å²) in [4.78, 5) is 68.5. The average Bonchev–Trinajstić information content (AvgIpc) is 4.08. The number of rotatable bonds is 13. The Hall–Kier alpha value is -6.50. The van der Waals surface area contributed by atoms with E-state index in [0.29, 0.717) is 95.8 Å².